The van der Waals surface area contributed by atoms with Crippen molar-refractivity contribution >= 4 is 17.3 Å². The molecule has 7 heteroatoms. The van der Waals surface area contributed by atoms with Gasteiger partial charge in [0.05, 0.1) is 7.11 Å². The fourth-order valence-electron chi connectivity index (χ4n) is 5.72. The van der Waals surface area contributed by atoms with Gasteiger partial charge in [-0.2, -0.15) is 0 Å². The number of carbonyl (C=O) groups is 1. The molecule has 0 aliphatic carbocycles. The summed E-state index contributed by atoms with van der Waals surface area (Å²) >= 11 is 0. The van der Waals surface area contributed by atoms with Gasteiger partial charge in [0.1, 0.15) is 11.5 Å². The normalized spacial score (nSPS) is 20.7. The standard InChI is InChI=1S/C31H37N3O4/c1-4-20-34(25-10-14-26(15-11-25)37-28-16-9-23(32)21-29(28)36-3)30(35)22-7-12-27(13-8-22)38-31-18-5-6-24(17-19-31)33(31)2/h7-16,21,24H,4-6,17-20,32H2,1-3H3. The molecule has 2 N–H and O–H groups in total. The maximum absolute atomic E-state index is 13.5. The predicted octanol–water partition coefficient (Wildman–Crippen LogP) is 6.48. The molecule has 2 atom stereocenters. The van der Waals surface area contributed by atoms with Crippen LogP contribution in [-0.4, -0.2) is 43.3 Å². The van der Waals surface area contributed by atoms with Gasteiger partial charge in [0.15, 0.2) is 17.2 Å². The van der Waals surface area contributed by atoms with E-state index in [0.717, 1.165) is 30.7 Å². The molecule has 2 unspecified atom stereocenters. The van der Waals surface area contributed by atoms with Crippen LogP contribution in [0.25, 0.3) is 0 Å². The maximum atomic E-state index is 13.5. The third-order valence-electron chi connectivity index (χ3n) is 7.83. The van der Waals surface area contributed by atoms with Gasteiger partial charge in [-0.05, 0) is 93.4 Å². The number of amides is 1. The van der Waals surface area contributed by atoms with E-state index in [9.17, 15) is 4.79 Å². The molecule has 3 aromatic carbocycles. The molecule has 2 aliphatic heterocycles. The predicted molar refractivity (Wildman–Crippen MR) is 150 cm³/mol. The number of methoxy groups -OCH3 is 1. The summed E-state index contributed by atoms with van der Waals surface area (Å²) in [5.74, 6) is 2.55. The Kier molecular flexibility index (Phi) is 7.47. The summed E-state index contributed by atoms with van der Waals surface area (Å²) in [5, 5.41) is 0. The van der Waals surface area contributed by atoms with Gasteiger partial charge in [0.25, 0.3) is 5.91 Å². The number of fused-ring (bicyclic) bond motifs is 2. The summed E-state index contributed by atoms with van der Waals surface area (Å²) in [6.45, 7) is 2.68. The Morgan fingerprint density at radius 1 is 1.00 bits per heavy atom. The molecule has 0 radical (unpaired) electrons. The average Bonchev–Trinajstić information content (AvgIpc) is 3.09. The molecule has 38 heavy (non-hydrogen) atoms. The van der Waals surface area contributed by atoms with Crippen LogP contribution in [0.4, 0.5) is 11.4 Å². The van der Waals surface area contributed by atoms with Gasteiger partial charge < -0.3 is 24.8 Å². The molecule has 1 amide bonds. The Hall–Kier alpha value is -3.71. The zero-order valence-corrected chi connectivity index (χ0v) is 22.5. The average molecular weight is 516 g/mol. The topological polar surface area (TPSA) is 77.3 Å². The molecule has 5 rings (SSSR count). The minimum Gasteiger partial charge on any atom is -0.493 e. The van der Waals surface area contributed by atoms with Crippen molar-refractivity contribution in [3.8, 4) is 23.0 Å². The number of hydrogen-bond acceptors (Lipinski definition) is 6. The lowest BCUT2D eigenvalue weighted by Gasteiger charge is -2.42. The lowest BCUT2D eigenvalue weighted by Crippen LogP contribution is -2.51. The van der Waals surface area contributed by atoms with Crippen LogP contribution in [0, 0.1) is 0 Å². The Balaban J connectivity index is 1.29. The van der Waals surface area contributed by atoms with Crippen LogP contribution in [0.1, 0.15) is 55.8 Å². The highest BCUT2D eigenvalue weighted by atomic mass is 16.5. The highest BCUT2D eigenvalue weighted by Gasteiger charge is 2.48. The Labute approximate surface area is 225 Å². The molecule has 2 bridgehead atoms. The van der Waals surface area contributed by atoms with Gasteiger partial charge in [-0.3, -0.25) is 9.69 Å². The molecule has 2 aliphatic rings. The first kappa shape index (κ1) is 25.9. The summed E-state index contributed by atoms with van der Waals surface area (Å²) < 4.78 is 17.9. The molecule has 3 aromatic rings. The van der Waals surface area contributed by atoms with Crippen molar-refractivity contribution in [2.45, 2.75) is 57.2 Å². The summed E-state index contributed by atoms with van der Waals surface area (Å²) in [6, 6.07) is 21.0. The molecule has 200 valence electrons. The van der Waals surface area contributed by atoms with Crippen LogP contribution in [0.5, 0.6) is 23.0 Å². The minimum atomic E-state index is -0.205. The van der Waals surface area contributed by atoms with Crippen LogP contribution in [-0.2, 0) is 0 Å². The van der Waals surface area contributed by atoms with E-state index in [1.54, 1.807) is 30.2 Å². The molecule has 0 saturated carbocycles. The zero-order chi connectivity index (χ0) is 26.7. The highest BCUT2D eigenvalue weighted by Crippen LogP contribution is 2.44. The van der Waals surface area contributed by atoms with Crippen LogP contribution >= 0.6 is 0 Å². The van der Waals surface area contributed by atoms with E-state index in [-0.39, 0.29) is 11.6 Å². The molecule has 2 saturated heterocycles. The van der Waals surface area contributed by atoms with Crippen LogP contribution < -0.4 is 24.8 Å². The van der Waals surface area contributed by atoms with Crippen molar-refractivity contribution in [1.29, 1.82) is 0 Å². The monoisotopic (exact) mass is 515 g/mol. The number of benzene rings is 3. The first-order valence-electron chi connectivity index (χ1n) is 13.5. The van der Waals surface area contributed by atoms with Gasteiger partial charge in [-0.1, -0.05) is 6.92 Å². The molecule has 7 nitrogen and oxygen atoms in total. The van der Waals surface area contributed by atoms with E-state index in [0.29, 0.717) is 41.1 Å². The summed E-state index contributed by atoms with van der Waals surface area (Å²) in [7, 11) is 3.76. The number of nitrogens with zero attached hydrogens (tertiary/aromatic N) is 2. The molecular weight excluding hydrogens is 478 g/mol. The molecule has 0 spiro atoms. The number of nitrogen functional groups attached to an aromatic ring is 1. The smallest absolute Gasteiger partial charge is 0.258 e. The van der Waals surface area contributed by atoms with E-state index >= 15 is 0 Å². The number of rotatable bonds is 9. The van der Waals surface area contributed by atoms with E-state index in [1.807, 2.05) is 48.5 Å². The second kappa shape index (κ2) is 11.0. The Morgan fingerprint density at radius 3 is 2.45 bits per heavy atom. The first-order chi connectivity index (χ1) is 18.4. The quantitative estimate of drug-likeness (QED) is 0.329. The largest absolute Gasteiger partial charge is 0.493 e. The first-order valence-corrected chi connectivity index (χ1v) is 13.5. The van der Waals surface area contributed by atoms with Crippen molar-refractivity contribution in [2.75, 3.05) is 31.3 Å². The number of piperidine rings is 1. The Morgan fingerprint density at radius 2 is 1.74 bits per heavy atom. The second-order valence-corrected chi connectivity index (χ2v) is 10.2. The van der Waals surface area contributed by atoms with Crippen molar-refractivity contribution in [3.63, 3.8) is 0 Å². The summed E-state index contributed by atoms with van der Waals surface area (Å²) in [5.41, 5.74) is 7.69. The minimum absolute atomic E-state index is 0.0406. The van der Waals surface area contributed by atoms with Crippen molar-refractivity contribution in [2.24, 2.45) is 0 Å². The fraction of sp³-hybridized carbons (Fsp3) is 0.387. The van der Waals surface area contributed by atoms with Crippen LogP contribution in [0.15, 0.2) is 66.7 Å². The van der Waals surface area contributed by atoms with Crippen molar-refractivity contribution in [3.05, 3.63) is 72.3 Å². The maximum Gasteiger partial charge on any atom is 0.258 e. The van der Waals surface area contributed by atoms with Crippen LogP contribution in [0.3, 0.4) is 0 Å². The molecular formula is C31H37N3O4. The second-order valence-electron chi connectivity index (χ2n) is 10.2. The zero-order valence-electron chi connectivity index (χ0n) is 22.5. The third-order valence-corrected chi connectivity index (χ3v) is 7.83. The van der Waals surface area contributed by atoms with Crippen molar-refractivity contribution < 1.29 is 19.0 Å². The summed E-state index contributed by atoms with van der Waals surface area (Å²) in [4.78, 5) is 17.7. The Bertz CT molecular complexity index is 1260. The number of carbonyl (C=O) groups excluding carboxylic acids is 1. The molecule has 2 heterocycles. The number of ether oxygens (including phenoxy) is 3. The van der Waals surface area contributed by atoms with Crippen molar-refractivity contribution in [1.82, 2.24) is 4.90 Å². The third kappa shape index (κ3) is 5.16. The number of anilines is 2. The van der Waals surface area contributed by atoms with Gasteiger partial charge in [-0.15, -0.1) is 0 Å². The highest BCUT2D eigenvalue weighted by molar-refractivity contribution is 6.06. The van der Waals surface area contributed by atoms with E-state index in [1.165, 1.54) is 19.3 Å². The lowest BCUT2D eigenvalue weighted by atomic mass is 10.0. The SMILES string of the molecule is CCCN(C(=O)c1ccc(OC23CCCC(CC2)N3C)cc1)c1ccc(Oc2ccc(N)cc2OC)cc1. The summed E-state index contributed by atoms with van der Waals surface area (Å²) in [6.07, 6.45) is 6.60. The van der Waals surface area contributed by atoms with E-state index in [4.69, 9.17) is 19.9 Å². The number of nitrogens with two attached hydrogens (primary N) is 1. The van der Waals surface area contributed by atoms with E-state index < -0.39 is 0 Å². The van der Waals surface area contributed by atoms with Crippen LogP contribution in [0.2, 0.25) is 0 Å². The van der Waals surface area contributed by atoms with Gasteiger partial charge in [-0.25, -0.2) is 0 Å². The molecule has 0 aromatic heterocycles. The fourth-order valence-corrected chi connectivity index (χ4v) is 5.72. The lowest BCUT2D eigenvalue weighted by molar-refractivity contribution is -0.0823. The number of hydrogen-bond donors (Lipinski definition) is 1. The van der Waals surface area contributed by atoms with Gasteiger partial charge in [0.2, 0.25) is 0 Å². The van der Waals surface area contributed by atoms with E-state index in [2.05, 4.69) is 18.9 Å². The van der Waals surface area contributed by atoms with Gasteiger partial charge >= 0.3 is 0 Å². The molecule has 2 fully saturated rings. The van der Waals surface area contributed by atoms with Gasteiger partial charge in [0, 0.05) is 48.4 Å².